The molecule has 0 aliphatic heterocycles. The van der Waals surface area contributed by atoms with E-state index in [0.29, 0.717) is 5.82 Å². The van der Waals surface area contributed by atoms with Gasteiger partial charge < -0.3 is 15.2 Å². The van der Waals surface area contributed by atoms with Crippen LogP contribution in [0.1, 0.15) is 22.4 Å². The van der Waals surface area contributed by atoms with Gasteiger partial charge in [-0.1, -0.05) is 36.4 Å². The fourth-order valence-electron chi connectivity index (χ4n) is 3.65. The third-order valence-electron chi connectivity index (χ3n) is 5.07. The van der Waals surface area contributed by atoms with Crippen molar-refractivity contribution in [2.75, 3.05) is 20.0 Å². The van der Waals surface area contributed by atoms with Crippen LogP contribution in [0.2, 0.25) is 0 Å². The number of fused-ring (bicyclic) bond motifs is 1. The molecule has 0 atom stereocenters. The molecule has 1 aromatic heterocycles. The second-order valence-electron chi connectivity index (χ2n) is 6.45. The number of methoxy groups -OCH3 is 2. The Bertz CT molecular complexity index is 927. The van der Waals surface area contributed by atoms with Gasteiger partial charge in [-0.2, -0.15) is 5.10 Å². The molecule has 0 spiro atoms. The Hall–Kier alpha value is -3.21. The van der Waals surface area contributed by atoms with Gasteiger partial charge in [0.2, 0.25) is 0 Å². The van der Waals surface area contributed by atoms with Crippen molar-refractivity contribution in [2.24, 2.45) is 0 Å². The topological polar surface area (TPSA) is 73.2 Å². The Morgan fingerprint density at radius 1 is 1.00 bits per heavy atom. The summed E-state index contributed by atoms with van der Waals surface area (Å²) in [5.74, 6) is 2.18. The summed E-state index contributed by atoms with van der Waals surface area (Å²) < 4.78 is 10.9. The number of nitrogens with two attached hydrogens (primary N) is 1. The molecule has 1 aliphatic carbocycles. The Morgan fingerprint density at radius 2 is 1.62 bits per heavy atom. The standard InChI is InChI=1S/C21H21N3O2/c1-25-16-7-3-5-14(11-16)21(15-6-4-8-17(12-15)26-2)10-9-18-19(13-21)23-24-20(18)22/h3-12H,13H2,1-2H3,(H3,22,23,24). The van der Waals surface area contributed by atoms with E-state index in [9.17, 15) is 0 Å². The highest BCUT2D eigenvalue weighted by Gasteiger charge is 2.36. The summed E-state index contributed by atoms with van der Waals surface area (Å²) in [6.45, 7) is 0. The second-order valence-corrected chi connectivity index (χ2v) is 6.45. The highest BCUT2D eigenvalue weighted by Crippen LogP contribution is 2.43. The van der Waals surface area contributed by atoms with Crippen LogP contribution in [0.5, 0.6) is 11.5 Å². The summed E-state index contributed by atoms with van der Waals surface area (Å²) in [5.41, 5.74) is 9.89. The van der Waals surface area contributed by atoms with Crippen LogP contribution in [-0.4, -0.2) is 24.4 Å². The summed E-state index contributed by atoms with van der Waals surface area (Å²) in [6.07, 6.45) is 4.98. The number of nitrogen functional groups attached to an aromatic ring is 1. The molecule has 5 heteroatoms. The highest BCUT2D eigenvalue weighted by atomic mass is 16.5. The molecule has 0 saturated heterocycles. The minimum atomic E-state index is -0.366. The fourth-order valence-corrected chi connectivity index (χ4v) is 3.65. The molecule has 0 unspecified atom stereocenters. The zero-order chi connectivity index (χ0) is 18.1. The third-order valence-corrected chi connectivity index (χ3v) is 5.07. The number of aromatic amines is 1. The van der Waals surface area contributed by atoms with Crippen molar-refractivity contribution in [2.45, 2.75) is 11.8 Å². The number of allylic oxidation sites excluding steroid dienone is 1. The van der Waals surface area contributed by atoms with Gasteiger partial charge in [0, 0.05) is 23.1 Å². The summed E-state index contributed by atoms with van der Waals surface area (Å²) in [5, 5.41) is 7.26. The number of H-pyrrole nitrogens is 1. The van der Waals surface area contributed by atoms with Gasteiger partial charge in [0.15, 0.2) is 5.82 Å². The van der Waals surface area contributed by atoms with E-state index in [1.807, 2.05) is 24.3 Å². The van der Waals surface area contributed by atoms with Gasteiger partial charge >= 0.3 is 0 Å². The van der Waals surface area contributed by atoms with Crippen molar-refractivity contribution in [1.29, 1.82) is 0 Å². The monoisotopic (exact) mass is 347 g/mol. The lowest BCUT2D eigenvalue weighted by Gasteiger charge is -2.34. The maximum Gasteiger partial charge on any atom is 0.152 e. The number of anilines is 1. The van der Waals surface area contributed by atoms with E-state index in [4.69, 9.17) is 15.2 Å². The zero-order valence-corrected chi connectivity index (χ0v) is 14.8. The number of nitrogens with zero attached hydrogens (tertiary/aromatic N) is 1. The molecule has 5 nitrogen and oxygen atoms in total. The Kier molecular flexibility index (Phi) is 3.92. The van der Waals surface area contributed by atoms with Crippen LogP contribution in [0.15, 0.2) is 54.6 Å². The van der Waals surface area contributed by atoms with Gasteiger partial charge in [-0.3, -0.25) is 5.10 Å². The van der Waals surface area contributed by atoms with Crippen LogP contribution in [0, 0.1) is 0 Å². The van der Waals surface area contributed by atoms with Crippen molar-refractivity contribution in [3.8, 4) is 11.5 Å². The summed E-state index contributed by atoms with van der Waals surface area (Å²) in [4.78, 5) is 0. The van der Waals surface area contributed by atoms with Crippen molar-refractivity contribution >= 4 is 11.9 Å². The van der Waals surface area contributed by atoms with E-state index in [1.54, 1.807) is 14.2 Å². The number of nitrogens with one attached hydrogen (secondary N) is 1. The van der Waals surface area contributed by atoms with Crippen LogP contribution in [-0.2, 0) is 11.8 Å². The van der Waals surface area contributed by atoms with Crippen molar-refractivity contribution in [3.63, 3.8) is 0 Å². The first-order valence-corrected chi connectivity index (χ1v) is 8.47. The minimum Gasteiger partial charge on any atom is -0.497 e. The molecule has 26 heavy (non-hydrogen) atoms. The molecule has 0 bridgehead atoms. The van der Waals surface area contributed by atoms with Gasteiger partial charge in [-0.05, 0) is 35.4 Å². The second kappa shape index (κ2) is 6.26. The molecule has 132 valence electrons. The predicted octanol–water partition coefficient (Wildman–Crippen LogP) is 3.56. The SMILES string of the molecule is COc1cccc(C2(c3cccc(OC)c3)C=Cc3c(N)n[nH]c3C2)c1. The molecule has 3 N–H and O–H groups in total. The average molecular weight is 347 g/mol. The summed E-state index contributed by atoms with van der Waals surface area (Å²) >= 11 is 0. The molecule has 0 amide bonds. The lowest BCUT2D eigenvalue weighted by Crippen LogP contribution is -2.30. The molecule has 0 radical (unpaired) electrons. The largest absolute Gasteiger partial charge is 0.497 e. The number of ether oxygens (including phenoxy) is 2. The van der Waals surface area contributed by atoms with Gasteiger partial charge in [-0.15, -0.1) is 0 Å². The fraction of sp³-hybridized carbons (Fsp3) is 0.190. The Labute approximate surface area is 152 Å². The van der Waals surface area contributed by atoms with E-state index >= 15 is 0 Å². The average Bonchev–Trinajstić information content (AvgIpc) is 3.08. The van der Waals surface area contributed by atoms with Gasteiger partial charge in [-0.25, -0.2) is 0 Å². The first-order valence-electron chi connectivity index (χ1n) is 8.47. The molecular formula is C21H21N3O2. The van der Waals surface area contributed by atoms with Gasteiger partial charge in [0.1, 0.15) is 11.5 Å². The van der Waals surface area contributed by atoms with Crippen LogP contribution < -0.4 is 15.2 Å². The maximum absolute atomic E-state index is 5.98. The van der Waals surface area contributed by atoms with Crippen LogP contribution in [0.4, 0.5) is 5.82 Å². The normalized spacial score (nSPS) is 14.7. The number of rotatable bonds is 4. The predicted molar refractivity (Wildman–Crippen MR) is 103 cm³/mol. The van der Waals surface area contributed by atoms with Crippen LogP contribution in [0.3, 0.4) is 0 Å². The van der Waals surface area contributed by atoms with Gasteiger partial charge in [0.25, 0.3) is 0 Å². The highest BCUT2D eigenvalue weighted by molar-refractivity contribution is 5.70. The molecule has 1 aliphatic rings. The smallest absolute Gasteiger partial charge is 0.152 e. The molecule has 0 saturated carbocycles. The lowest BCUT2D eigenvalue weighted by atomic mass is 9.68. The molecule has 1 heterocycles. The quantitative estimate of drug-likeness (QED) is 0.757. The first-order chi connectivity index (χ1) is 12.7. The van der Waals surface area contributed by atoms with Crippen LogP contribution in [0.25, 0.3) is 6.08 Å². The first kappa shape index (κ1) is 16.3. The van der Waals surface area contributed by atoms with Crippen LogP contribution >= 0.6 is 0 Å². The summed E-state index contributed by atoms with van der Waals surface area (Å²) in [6, 6.07) is 16.3. The van der Waals surface area contributed by atoms with E-state index in [1.165, 1.54) is 0 Å². The van der Waals surface area contributed by atoms with E-state index in [2.05, 4.69) is 46.6 Å². The molecule has 0 fully saturated rings. The molecule has 4 rings (SSSR count). The number of hydrogen-bond acceptors (Lipinski definition) is 4. The number of hydrogen-bond donors (Lipinski definition) is 2. The van der Waals surface area contributed by atoms with Crippen molar-refractivity contribution in [1.82, 2.24) is 10.2 Å². The van der Waals surface area contributed by atoms with Crippen molar-refractivity contribution in [3.05, 3.63) is 77.0 Å². The van der Waals surface area contributed by atoms with Crippen molar-refractivity contribution < 1.29 is 9.47 Å². The Balaban J connectivity index is 1.93. The third kappa shape index (κ3) is 2.52. The molecule has 2 aromatic carbocycles. The van der Waals surface area contributed by atoms with E-state index in [-0.39, 0.29) is 5.41 Å². The molecule has 3 aromatic rings. The summed E-state index contributed by atoms with van der Waals surface area (Å²) in [7, 11) is 3.36. The molecular weight excluding hydrogens is 326 g/mol. The number of aromatic nitrogens is 2. The zero-order valence-electron chi connectivity index (χ0n) is 14.8. The lowest BCUT2D eigenvalue weighted by molar-refractivity contribution is 0.411. The van der Waals surface area contributed by atoms with E-state index < -0.39 is 0 Å². The minimum absolute atomic E-state index is 0.366. The number of benzene rings is 2. The maximum atomic E-state index is 5.98. The van der Waals surface area contributed by atoms with E-state index in [0.717, 1.165) is 40.3 Å². The van der Waals surface area contributed by atoms with Gasteiger partial charge in [0.05, 0.1) is 14.2 Å². The Morgan fingerprint density at radius 3 is 2.19 bits per heavy atom.